The van der Waals surface area contributed by atoms with Gasteiger partial charge in [0.2, 0.25) is 5.91 Å². The molecule has 0 radical (unpaired) electrons. The number of rotatable bonds is 2. The molecule has 3 atom stereocenters. The fourth-order valence-corrected chi connectivity index (χ4v) is 3.45. The van der Waals surface area contributed by atoms with Crippen LogP contribution in [0.15, 0.2) is 24.3 Å². The molecule has 2 aliphatic heterocycles. The number of amides is 1. The Hall–Kier alpha value is -1.62. The van der Waals surface area contributed by atoms with Crippen LogP contribution in [0.3, 0.4) is 0 Å². The lowest BCUT2D eigenvalue weighted by atomic mass is 9.87. The number of likely N-dealkylation sites (N-methyl/N-ethyl adjacent to an activating group) is 1. The summed E-state index contributed by atoms with van der Waals surface area (Å²) in [6.45, 7) is 1.82. The molecule has 21 heavy (non-hydrogen) atoms. The fraction of sp³-hybridized carbons (Fsp3) is 0.562. The van der Waals surface area contributed by atoms with Gasteiger partial charge in [0.15, 0.2) is 0 Å². The van der Waals surface area contributed by atoms with Gasteiger partial charge < -0.3 is 10.0 Å². The predicted molar refractivity (Wildman–Crippen MR) is 78.0 cm³/mol. The number of hydrogen-bond donors (Lipinski definition) is 1. The molecule has 2 heterocycles. The summed E-state index contributed by atoms with van der Waals surface area (Å²) in [5.41, 5.74) is 0.926. The average molecular weight is 292 g/mol. The first kappa shape index (κ1) is 14.3. The molecule has 3 rings (SSSR count). The highest BCUT2D eigenvalue weighted by Gasteiger charge is 2.39. The van der Waals surface area contributed by atoms with Crippen LogP contribution in [0, 0.1) is 0 Å². The molecule has 3 unspecified atom stereocenters. The Morgan fingerprint density at radius 1 is 1.19 bits per heavy atom. The number of phenolic OH excluding ortho intramolecular Hbond substituents is 1. The molecule has 0 saturated carbocycles. The van der Waals surface area contributed by atoms with Gasteiger partial charge in [-0.25, -0.2) is 4.39 Å². The Morgan fingerprint density at radius 3 is 2.48 bits per heavy atom. The molecular formula is C16H21FN2O2. The number of piperidine rings is 1. The summed E-state index contributed by atoms with van der Waals surface area (Å²) in [6.07, 6.45) is 0.535. The lowest BCUT2D eigenvalue weighted by molar-refractivity contribution is -0.131. The van der Waals surface area contributed by atoms with Crippen LogP contribution < -0.4 is 0 Å². The molecular weight excluding hydrogens is 271 g/mol. The molecule has 1 aromatic carbocycles. The van der Waals surface area contributed by atoms with E-state index in [0.717, 1.165) is 25.1 Å². The van der Waals surface area contributed by atoms with Crippen LogP contribution in [0.1, 0.15) is 24.3 Å². The van der Waals surface area contributed by atoms with Crippen molar-refractivity contribution in [1.82, 2.24) is 9.80 Å². The van der Waals surface area contributed by atoms with Gasteiger partial charge in [0.1, 0.15) is 11.9 Å². The number of carbonyl (C=O) groups is 1. The zero-order chi connectivity index (χ0) is 15.0. The van der Waals surface area contributed by atoms with Crippen molar-refractivity contribution in [3.05, 3.63) is 29.8 Å². The van der Waals surface area contributed by atoms with Gasteiger partial charge in [-0.3, -0.25) is 9.69 Å². The molecule has 114 valence electrons. The molecule has 0 aliphatic carbocycles. The van der Waals surface area contributed by atoms with Gasteiger partial charge in [-0.05, 0) is 37.1 Å². The summed E-state index contributed by atoms with van der Waals surface area (Å²) in [4.78, 5) is 15.8. The second-order valence-corrected chi connectivity index (χ2v) is 6.06. The van der Waals surface area contributed by atoms with E-state index >= 15 is 0 Å². The topological polar surface area (TPSA) is 43.8 Å². The molecule has 5 heteroatoms. The third-order valence-electron chi connectivity index (χ3n) is 4.73. The number of benzene rings is 1. The zero-order valence-electron chi connectivity index (χ0n) is 12.2. The van der Waals surface area contributed by atoms with Crippen molar-refractivity contribution in [2.45, 2.75) is 31.0 Å². The zero-order valence-corrected chi connectivity index (χ0v) is 12.2. The van der Waals surface area contributed by atoms with E-state index in [1.165, 1.54) is 0 Å². The monoisotopic (exact) mass is 292 g/mol. The number of alkyl halides is 1. The van der Waals surface area contributed by atoms with E-state index in [-0.39, 0.29) is 23.6 Å². The van der Waals surface area contributed by atoms with Gasteiger partial charge in [-0.2, -0.15) is 0 Å². The molecule has 4 nitrogen and oxygen atoms in total. The van der Waals surface area contributed by atoms with Crippen LogP contribution >= 0.6 is 0 Å². The van der Waals surface area contributed by atoms with Crippen molar-refractivity contribution in [3.8, 4) is 5.75 Å². The first-order valence-electron chi connectivity index (χ1n) is 7.48. The molecule has 0 aromatic heterocycles. The minimum absolute atomic E-state index is 0.116. The summed E-state index contributed by atoms with van der Waals surface area (Å²) < 4.78 is 14.5. The van der Waals surface area contributed by atoms with E-state index in [1.54, 1.807) is 36.2 Å². The number of phenols is 1. The molecule has 1 amide bonds. The van der Waals surface area contributed by atoms with Gasteiger partial charge in [0.05, 0.1) is 6.04 Å². The highest BCUT2D eigenvalue weighted by atomic mass is 19.1. The normalized spacial score (nSPS) is 30.9. The molecule has 2 saturated heterocycles. The van der Waals surface area contributed by atoms with E-state index < -0.39 is 6.17 Å². The van der Waals surface area contributed by atoms with Crippen LogP contribution in [0.2, 0.25) is 0 Å². The van der Waals surface area contributed by atoms with E-state index in [1.807, 2.05) is 4.90 Å². The molecule has 0 bridgehead atoms. The van der Waals surface area contributed by atoms with Gasteiger partial charge in [0, 0.05) is 26.1 Å². The molecule has 1 N–H and O–H groups in total. The summed E-state index contributed by atoms with van der Waals surface area (Å²) in [7, 11) is 1.80. The minimum Gasteiger partial charge on any atom is -0.508 e. The second kappa shape index (κ2) is 5.64. The summed E-state index contributed by atoms with van der Waals surface area (Å²) in [5, 5.41) is 9.32. The maximum absolute atomic E-state index is 14.5. The highest BCUT2D eigenvalue weighted by Crippen LogP contribution is 2.33. The number of likely N-dealkylation sites (tertiary alicyclic amines) is 2. The maximum atomic E-state index is 14.5. The first-order valence-corrected chi connectivity index (χ1v) is 7.48. The summed E-state index contributed by atoms with van der Waals surface area (Å²) >= 11 is 0. The third-order valence-corrected chi connectivity index (χ3v) is 4.73. The smallest absolute Gasteiger partial charge is 0.239 e. The van der Waals surface area contributed by atoms with Crippen LogP contribution in [-0.2, 0) is 4.79 Å². The van der Waals surface area contributed by atoms with Gasteiger partial charge >= 0.3 is 0 Å². The lowest BCUT2D eigenvalue weighted by Crippen LogP contribution is -2.49. The lowest BCUT2D eigenvalue weighted by Gasteiger charge is -2.37. The van der Waals surface area contributed by atoms with Crippen LogP contribution in [-0.4, -0.2) is 59.7 Å². The standard InChI is InChI=1S/C16H21FN2O2/c1-18-8-7-15(16(18)21)19-9-6-13(14(17)10-19)11-2-4-12(20)5-3-11/h2-5,13-15,20H,6-10H2,1H3. The van der Waals surface area contributed by atoms with Gasteiger partial charge in [-0.1, -0.05) is 12.1 Å². The second-order valence-electron chi connectivity index (χ2n) is 6.06. The van der Waals surface area contributed by atoms with Crippen molar-refractivity contribution in [3.63, 3.8) is 0 Å². The number of aromatic hydroxyl groups is 1. The number of halogens is 1. The highest BCUT2D eigenvalue weighted by molar-refractivity contribution is 5.83. The summed E-state index contributed by atoms with van der Waals surface area (Å²) in [6, 6.07) is 6.63. The third kappa shape index (κ3) is 2.75. The van der Waals surface area contributed by atoms with Crippen LogP contribution in [0.25, 0.3) is 0 Å². The van der Waals surface area contributed by atoms with Crippen molar-refractivity contribution in [1.29, 1.82) is 0 Å². The Labute approximate surface area is 124 Å². The van der Waals surface area contributed by atoms with Crippen molar-refractivity contribution >= 4 is 5.91 Å². The van der Waals surface area contributed by atoms with E-state index in [9.17, 15) is 14.3 Å². The minimum atomic E-state index is -0.970. The van der Waals surface area contributed by atoms with Crippen molar-refractivity contribution in [2.75, 3.05) is 26.7 Å². The Balaban J connectivity index is 1.67. The molecule has 2 aliphatic rings. The fourth-order valence-electron chi connectivity index (χ4n) is 3.45. The van der Waals surface area contributed by atoms with Crippen molar-refractivity contribution < 1.29 is 14.3 Å². The van der Waals surface area contributed by atoms with Crippen LogP contribution in [0.5, 0.6) is 5.75 Å². The maximum Gasteiger partial charge on any atom is 0.239 e. The molecule has 1 aromatic rings. The first-order chi connectivity index (χ1) is 10.1. The summed E-state index contributed by atoms with van der Waals surface area (Å²) in [5.74, 6) is 0.174. The van der Waals surface area contributed by atoms with Crippen molar-refractivity contribution in [2.24, 2.45) is 0 Å². The SMILES string of the molecule is CN1CCC(N2CCC(c3ccc(O)cc3)C(F)C2)C1=O. The van der Waals surface area contributed by atoms with E-state index in [0.29, 0.717) is 13.0 Å². The van der Waals surface area contributed by atoms with E-state index in [2.05, 4.69) is 0 Å². The largest absolute Gasteiger partial charge is 0.508 e. The average Bonchev–Trinajstić information content (AvgIpc) is 2.80. The van der Waals surface area contributed by atoms with Gasteiger partial charge in [0.25, 0.3) is 0 Å². The molecule has 2 fully saturated rings. The number of carbonyl (C=O) groups excluding carboxylic acids is 1. The Bertz CT molecular complexity index is 520. The Morgan fingerprint density at radius 2 is 1.90 bits per heavy atom. The van der Waals surface area contributed by atoms with Crippen LogP contribution in [0.4, 0.5) is 4.39 Å². The quantitative estimate of drug-likeness (QED) is 0.903. The Kier molecular flexibility index (Phi) is 3.85. The predicted octanol–water partition coefficient (Wildman–Crippen LogP) is 1.75. The van der Waals surface area contributed by atoms with E-state index in [4.69, 9.17) is 0 Å². The molecule has 0 spiro atoms. The van der Waals surface area contributed by atoms with Gasteiger partial charge in [-0.15, -0.1) is 0 Å². The number of nitrogens with zero attached hydrogens (tertiary/aromatic N) is 2. The number of hydrogen-bond acceptors (Lipinski definition) is 3.